The lowest BCUT2D eigenvalue weighted by molar-refractivity contribution is 0.115. The monoisotopic (exact) mass is 192 g/mol. The summed E-state index contributed by atoms with van der Waals surface area (Å²) in [6.45, 7) is 2.79. The van der Waals surface area contributed by atoms with Crippen molar-refractivity contribution < 1.29 is 9.84 Å². The summed E-state index contributed by atoms with van der Waals surface area (Å²) in [5, 5.41) is 9.77. The van der Waals surface area contributed by atoms with Gasteiger partial charge in [-0.3, -0.25) is 0 Å². The molecule has 2 nitrogen and oxygen atoms in total. The third kappa shape index (κ3) is 1.75. The smallest absolute Gasteiger partial charge is 0.125 e. The number of aliphatic hydroxyl groups is 1. The fraction of sp³-hybridized carbons (Fsp3) is 0.500. The first kappa shape index (κ1) is 9.53. The maximum absolute atomic E-state index is 9.77. The van der Waals surface area contributed by atoms with Gasteiger partial charge in [-0.15, -0.1) is 0 Å². The first-order valence-corrected chi connectivity index (χ1v) is 5.25. The SMILES string of the molecule is CCCc1ccc2c(c1)[C@H](O)CCO2. The molecule has 0 amide bonds. The number of hydrogen-bond donors (Lipinski definition) is 1. The molecule has 1 aliphatic rings. The van der Waals surface area contributed by atoms with E-state index < -0.39 is 0 Å². The largest absolute Gasteiger partial charge is 0.493 e. The second-order valence-electron chi connectivity index (χ2n) is 3.78. The molecule has 1 heterocycles. The highest BCUT2D eigenvalue weighted by Crippen LogP contribution is 2.32. The fourth-order valence-electron chi connectivity index (χ4n) is 1.87. The predicted octanol–water partition coefficient (Wildman–Crippen LogP) is 2.46. The normalized spacial score (nSPS) is 20.0. The van der Waals surface area contributed by atoms with Gasteiger partial charge in [0, 0.05) is 12.0 Å². The van der Waals surface area contributed by atoms with Gasteiger partial charge in [0.05, 0.1) is 12.7 Å². The highest BCUT2D eigenvalue weighted by molar-refractivity contribution is 5.40. The molecule has 1 aromatic carbocycles. The summed E-state index contributed by atoms with van der Waals surface area (Å²) < 4.78 is 5.47. The van der Waals surface area contributed by atoms with Crippen LogP contribution in [0.1, 0.15) is 37.0 Å². The molecule has 0 aromatic heterocycles. The minimum absolute atomic E-state index is 0.337. The van der Waals surface area contributed by atoms with Gasteiger partial charge in [-0.05, 0) is 24.1 Å². The average Bonchev–Trinajstić information content (AvgIpc) is 2.20. The quantitative estimate of drug-likeness (QED) is 0.780. The van der Waals surface area contributed by atoms with Gasteiger partial charge in [-0.1, -0.05) is 19.4 Å². The van der Waals surface area contributed by atoms with Crippen molar-refractivity contribution in [2.75, 3.05) is 6.61 Å². The van der Waals surface area contributed by atoms with E-state index in [0.29, 0.717) is 13.0 Å². The molecular weight excluding hydrogens is 176 g/mol. The van der Waals surface area contributed by atoms with Crippen LogP contribution in [0.25, 0.3) is 0 Å². The molecule has 0 bridgehead atoms. The summed E-state index contributed by atoms with van der Waals surface area (Å²) in [5.74, 6) is 0.851. The van der Waals surface area contributed by atoms with Crippen molar-refractivity contribution >= 4 is 0 Å². The van der Waals surface area contributed by atoms with E-state index in [2.05, 4.69) is 19.1 Å². The van der Waals surface area contributed by atoms with Crippen LogP contribution in [0.15, 0.2) is 18.2 Å². The van der Waals surface area contributed by atoms with Gasteiger partial charge in [0.2, 0.25) is 0 Å². The Bertz CT molecular complexity index is 320. The van der Waals surface area contributed by atoms with Crippen LogP contribution in [0, 0.1) is 0 Å². The zero-order valence-electron chi connectivity index (χ0n) is 8.49. The molecule has 1 aromatic rings. The number of fused-ring (bicyclic) bond motifs is 1. The molecule has 1 atom stereocenters. The van der Waals surface area contributed by atoms with E-state index in [4.69, 9.17) is 4.74 Å². The average molecular weight is 192 g/mol. The van der Waals surface area contributed by atoms with E-state index in [0.717, 1.165) is 24.2 Å². The summed E-state index contributed by atoms with van der Waals surface area (Å²) in [4.78, 5) is 0. The molecule has 1 N–H and O–H groups in total. The minimum atomic E-state index is -0.337. The lowest BCUT2D eigenvalue weighted by Crippen LogP contribution is -2.13. The number of aryl methyl sites for hydroxylation is 1. The van der Waals surface area contributed by atoms with E-state index in [1.54, 1.807) is 0 Å². The van der Waals surface area contributed by atoms with Gasteiger partial charge in [0.25, 0.3) is 0 Å². The topological polar surface area (TPSA) is 29.5 Å². The molecule has 76 valence electrons. The molecule has 0 aliphatic carbocycles. The van der Waals surface area contributed by atoms with Gasteiger partial charge in [0.1, 0.15) is 5.75 Å². The van der Waals surface area contributed by atoms with Gasteiger partial charge >= 0.3 is 0 Å². The minimum Gasteiger partial charge on any atom is -0.493 e. The first-order valence-electron chi connectivity index (χ1n) is 5.25. The maximum Gasteiger partial charge on any atom is 0.125 e. The van der Waals surface area contributed by atoms with Crippen molar-refractivity contribution in [2.45, 2.75) is 32.3 Å². The molecular formula is C12H16O2. The van der Waals surface area contributed by atoms with Crippen LogP contribution in [-0.4, -0.2) is 11.7 Å². The first-order chi connectivity index (χ1) is 6.81. The van der Waals surface area contributed by atoms with Crippen molar-refractivity contribution in [1.82, 2.24) is 0 Å². The van der Waals surface area contributed by atoms with E-state index in [1.165, 1.54) is 5.56 Å². The van der Waals surface area contributed by atoms with Crippen LogP contribution in [0.3, 0.4) is 0 Å². The summed E-state index contributed by atoms with van der Waals surface area (Å²) in [6, 6.07) is 6.13. The lowest BCUT2D eigenvalue weighted by Gasteiger charge is -2.22. The van der Waals surface area contributed by atoms with E-state index >= 15 is 0 Å². The Labute approximate surface area is 84.5 Å². The predicted molar refractivity (Wildman–Crippen MR) is 55.5 cm³/mol. The fourth-order valence-corrected chi connectivity index (χ4v) is 1.87. The van der Waals surface area contributed by atoms with Crippen LogP contribution in [0.2, 0.25) is 0 Å². The standard InChI is InChI=1S/C12H16O2/c1-2-3-9-4-5-12-10(8-9)11(13)6-7-14-12/h4-5,8,11,13H,2-3,6-7H2,1H3/t11-/m1/s1. The second kappa shape index (κ2) is 4.01. The summed E-state index contributed by atoms with van der Waals surface area (Å²) >= 11 is 0. The highest BCUT2D eigenvalue weighted by Gasteiger charge is 2.18. The van der Waals surface area contributed by atoms with Crippen LogP contribution in [-0.2, 0) is 6.42 Å². The van der Waals surface area contributed by atoms with Gasteiger partial charge in [-0.2, -0.15) is 0 Å². The third-order valence-corrected chi connectivity index (χ3v) is 2.62. The summed E-state index contributed by atoms with van der Waals surface area (Å²) in [6.07, 6.45) is 2.58. The number of aliphatic hydroxyl groups excluding tert-OH is 1. The second-order valence-corrected chi connectivity index (χ2v) is 3.78. The maximum atomic E-state index is 9.77. The van der Waals surface area contributed by atoms with Crippen molar-refractivity contribution in [2.24, 2.45) is 0 Å². The Morgan fingerprint density at radius 2 is 2.36 bits per heavy atom. The van der Waals surface area contributed by atoms with Gasteiger partial charge in [0.15, 0.2) is 0 Å². The third-order valence-electron chi connectivity index (χ3n) is 2.62. The molecule has 0 saturated carbocycles. The highest BCUT2D eigenvalue weighted by atomic mass is 16.5. The number of hydrogen-bond acceptors (Lipinski definition) is 2. The summed E-state index contributed by atoms with van der Waals surface area (Å²) in [7, 11) is 0. The van der Waals surface area contributed by atoms with Crippen molar-refractivity contribution in [3.63, 3.8) is 0 Å². The van der Waals surface area contributed by atoms with E-state index in [9.17, 15) is 5.11 Å². The van der Waals surface area contributed by atoms with Gasteiger partial charge in [-0.25, -0.2) is 0 Å². The molecule has 2 heteroatoms. The van der Waals surface area contributed by atoms with Crippen molar-refractivity contribution in [3.05, 3.63) is 29.3 Å². The Morgan fingerprint density at radius 1 is 1.50 bits per heavy atom. The Kier molecular flexibility index (Phi) is 2.73. The molecule has 1 aliphatic heterocycles. The number of ether oxygens (including phenoxy) is 1. The Balaban J connectivity index is 2.31. The van der Waals surface area contributed by atoms with Crippen molar-refractivity contribution in [3.8, 4) is 5.75 Å². The summed E-state index contributed by atoms with van der Waals surface area (Å²) in [5.41, 5.74) is 2.25. The zero-order chi connectivity index (χ0) is 9.97. The van der Waals surface area contributed by atoms with Crippen LogP contribution in [0.4, 0.5) is 0 Å². The van der Waals surface area contributed by atoms with Gasteiger partial charge < -0.3 is 9.84 Å². The molecule has 0 spiro atoms. The van der Waals surface area contributed by atoms with E-state index in [-0.39, 0.29) is 6.10 Å². The van der Waals surface area contributed by atoms with Crippen molar-refractivity contribution in [1.29, 1.82) is 0 Å². The van der Waals surface area contributed by atoms with E-state index in [1.807, 2.05) is 6.07 Å². The number of benzene rings is 1. The molecule has 0 saturated heterocycles. The molecule has 14 heavy (non-hydrogen) atoms. The zero-order valence-corrected chi connectivity index (χ0v) is 8.49. The molecule has 2 rings (SSSR count). The van der Waals surface area contributed by atoms with Crippen LogP contribution in [0.5, 0.6) is 5.75 Å². The Hall–Kier alpha value is -1.02. The number of rotatable bonds is 2. The molecule has 0 fully saturated rings. The van der Waals surface area contributed by atoms with Crippen LogP contribution < -0.4 is 4.74 Å². The Morgan fingerprint density at radius 3 is 3.14 bits per heavy atom. The lowest BCUT2D eigenvalue weighted by atomic mass is 9.99. The van der Waals surface area contributed by atoms with Crippen LogP contribution >= 0.6 is 0 Å². The molecule has 0 unspecified atom stereocenters. The molecule has 0 radical (unpaired) electrons.